The molecule has 0 bridgehead atoms. The Labute approximate surface area is 130 Å². The summed E-state index contributed by atoms with van der Waals surface area (Å²) in [7, 11) is 1.95. The normalized spacial score (nSPS) is 20.8. The maximum Gasteiger partial charge on any atom is 0.145 e. The summed E-state index contributed by atoms with van der Waals surface area (Å²) < 4.78 is 0. The summed E-state index contributed by atoms with van der Waals surface area (Å²) in [5.74, 6) is 0. The lowest BCUT2D eigenvalue weighted by molar-refractivity contribution is 0.0279. The fraction of sp³-hybridized carbons (Fsp3) is 0.438. The van der Waals surface area contributed by atoms with Crippen molar-refractivity contribution in [3.63, 3.8) is 0 Å². The molecule has 2 unspecified atom stereocenters. The second-order valence-corrected chi connectivity index (χ2v) is 6.17. The molecular formula is C16H21ClN2O2. The molecule has 2 atom stereocenters. The highest BCUT2D eigenvalue weighted by molar-refractivity contribution is 6.30. The molecule has 2 rings (SSSR count). The van der Waals surface area contributed by atoms with E-state index in [-0.39, 0.29) is 6.10 Å². The van der Waals surface area contributed by atoms with Crippen LogP contribution in [0, 0.1) is 0 Å². The molecule has 21 heavy (non-hydrogen) atoms. The van der Waals surface area contributed by atoms with Gasteiger partial charge in [-0.15, -0.1) is 6.58 Å². The highest BCUT2D eigenvalue weighted by Gasteiger charge is 2.26. The number of nitrogens with zero attached hydrogens (tertiary/aromatic N) is 2. The highest BCUT2D eigenvalue weighted by Crippen LogP contribution is 2.19. The molecule has 0 saturated carbocycles. The summed E-state index contributed by atoms with van der Waals surface area (Å²) in [6, 6.07) is 7.58. The summed E-state index contributed by atoms with van der Waals surface area (Å²) >= 11 is 5.88. The van der Waals surface area contributed by atoms with Crippen molar-refractivity contribution in [3.05, 3.63) is 47.5 Å². The zero-order chi connectivity index (χ0) is 15.5. The van der Waals surface area contributed by atoms with Gasteiger partial charge in [0.05, 0.1) is 11.3 Å². The Kier molecular flexibility index (Phi) is 5.04. The van der Waals surface area contributed by atoms with Crippen LogP contribution in [0.3, 0.4) is 0 Å². The van der Waals surface area contributed by atoms with Crippen LogP contribution >= 0.6 is 11.6 Å². The summed E-state index contributed by atoms with van der Waals surface area (Å²) in [6.07, 6.45) is 2.30. The molecule has 4 nitrogen and oxygen atoms in total. The zero-order valence-electron chi connectivity index (χ0n) is 12.4. The van der Waals surface area contributed by atoms with Crippen LogP contribution in [-0.2, 0) is 4.84 Å². The number of rotatable bonds is 6. The molecule has 1 aromatic carbocycles. The van der Waals surface area contributed by atoms with Crippen LogP contribution in [0.2, 0.25) is 5.02 Å². The van der Waals surface area contributed by atoms with E-state index >= 15 is 0 Å². The molecule has 1 heterocycles. The van der Waals surface area contributed by atoms with Gasteiger partial charge in [0.25, 0.3) is 0 Å². The molecule has 1 N–H and O–H groups in total. The van der Waals surface area contributed by atoms with E-state index in [4.69, 9.17) is 16.4 Å². The first-order valence-corrected chi connectivity index (χ1v) is 7.30. The van der Waals surface area contributed by atoms with Gasteiger partial charge < -0.3 is 9.94 Å². The highest BCUT2D eigenvalue weighted by atomic mass is 35.5. The number of halogens is 1. The molecule has 114 valence electrons. The van der Waals surface area contributed by atoms with Crippen LogP contribution in [0.25, 0.3) is 0 Å². The van der Waals surface area contributed by atoms with Crippen molar-refractivity contribution in [1.82, 2.24) is 4.90 Å². The summed E-state index contributed by atoms with van der Waals surface area (Å²) in [5.41, 5.74) is 1.07. The van der Waals surface area contributed by atoms with E-state index in [1.807, 2.05) is 36.2 Å². The van der Waals surface area contributed by atoms with Gasteiger partial charge in [-0.25, -0.2) is 0 Å². The monoisotopic (exact) mass is 308 g/mol. The third-order valence-corrected chi connectivity index (χ3v) is 3.71. The maximum absolute atomic E-state index is 9.98. The molecule has 0 aliphatic carbocycles. The molecule has 1 aliphatic rings. The van der Waals surface area contributed by atoms with Crippen LogP contribution in [0.15, 0.2) is 42.1 Å². The SMILES string of the molecule is C=CC(C)(O)CN(C)CC1CC(c2ccc(Cl)cc2)=NO1. The molecule has 0 amide bonds. The van der Waals surface area contributed by atoms with Gasteiger partial charge in [-0.1, -0.05) is 35.0 Å². The van der Waals surface area contributed by atoms with Crippen LogP contribution in [0.5, 0.6) is 0 Å². The van der Waals surface area contributed by atoms with E-state index in [1.165, 1.54) is 0 Å². The van der Waals surface area contributed by atoms with E-state index in [1.54, 1.807) is 13.0 Å². The smallest absolute Gasteiger partial charge is 0.145 e. The predicted molar refractivity (Wildman–Crippen MR) is 85.8 cm³/mol. The number of benzene rings is 1. The fourth-order valence-corrected chi connectivity index (χ4v) is 2.49. The van der Waals surface area contributed by atoms with Gasteiger partial charge in [-0.2, -0.15) is 0 Å². The van der Waals surface area contributed by atoms with Gasteiger partial charge in [0, 0.05) is 24.5 Å². The first kappa shape index (κ1) is 16.0. The van der Waals surface area contributed by atoms with Gasteiger partial charge in [0.15, 0.2) is 0 Å². The molecule has 0 saturated heterocycles. The quantitative estimate of drug-likeness (QED) is 0.822. The number of oxime groups is 1. The van der Waals surface area contributed by atoms with Crippen molar-refractivity contribution < 1.29 is 9.94 Å². The van der Waals surface area contributed by atoms with E-state index in [9.17, 15) is 5.11 Å². The van der Waals surface area contributed by atoms with E-state index in [0.717, 1.165) is 17.7 Å². The van der Waals surface area contributed by atoms with Crippen LogP contribution < -0.4 is 0 Å². The molecule has 0 aromatic heterocycles. The summed E-state index contributed by atoms with van der Waals surface area (Å²) in [6.45, 7) is 6.58. The van der Waals surface area contributed by atoms with Crippen LogP contribution in [0.4, 0.5) is 0 Å². The van der Waals surface area contributed by atoms with Crippen LogP contribution in [0.1, 0.15) is 18.9 Å². The second-order valence-electron chi connectivity index (χ2n) is 5.73. The topological polar surface area (TPSA) is 45.1 Å². The Balaban J connectivity index is 1.87. The van der Waals surface area contributed by atoms with Gasteiger partial charge in [-0.05, 0) is 31.7 Å². The third kappa shape index (κ3) is 4.56. The minimum absolute atomic E-state index is 0.00120. The lowest BCUT2D eigenvalue weighted by atomic mass is 10.0. The van der Waals surface area contributed by atoms with E-state index in [0.29, 0.717) is 18.1 Å². The number of likely N-dealkylation sites (N-methyl/N-ethyl adjacent to an activating group) is 1. The molecule has 1 aliphatic heterocycles. The Hall–Kier alpha value is -1.36. The van der Waals surface area contributed by atoms with E-state index < -0.39 is 5.60 Å². The van der Waals surface area contributed by atoms with Gasteiger partial charge in [0.2, 0.25) is 0 Å². The average Bonchev–Trinajstić information content (AvgIpc) is 2.87. The molecule has 5 heteroatoms. The maximum atomic E-state index is 9.98. The Morgan fingerprint density at radius 1 is 1.52 bits per heavy atom. The Bertz CT molecular complexity index is 526. The van der Waals surface area contributed by atoms with Crippen molar-refractivity contribution in [1.29, 1.82) is 0 Å². The zero-order valence-corrected chi connectivity index (χ0v) is 13.2. The van der Waals surface area contributed by atoms with Crippen LogP contribution in [-0.4, -0.2) is 47.6 Å². The first-order valence-electron chi connectivity index (χ1n) is 6.93. The second kappa shape index (κ2) is 6.60. The minimum atomic E-state index is -0.896. The summed E-state index contributed by atoms with van der Waals surface area (Å²) in [4.78, 5) is 7.50. The molecular weight excluding hydrogens is 288 g/mol. The average molecular weight is 309 g/mol. The van der Waals surface area contributed by atoms with Crippen molar-refractivity contribution >= 4 is 17.3 Å². The van der Waals surface area contributed by atoms with Crippen molar-refractivity contribution in [2.24, 2.45) is 5.16 Å². The lowest BCUT2D eigenvalue weighted by Gasteiger charge is -2.27. The van der Waals surface area contributed by atoms with E-state index in [2.05, 4.69) is 11.7 Å². The lowest BCUT2D eigenvalue weighted by Crippen LogP contribution is -2.40. The fourth-order valence-electron chi connectivity index (χ4n) is 2.36. The third-order valence-electron chi connectivity index (χ3n) is 3.46. The first-order chi connectivity index (χ1) is 9.89. The van der Waals surface area contributed by atoms with Gasteiger partial charge in [0.1, 0.15) is 6.10 Å². The van der Waals surface area contributed by atoms with Crippen molar-refractivity contribution in [3.8, 4) is 0 Å². The molecule has 0 fully saturated rings. The largest absolute Gasteiger partial charge is 0.390 e. The van der Waals surface area contributed by atoms with Gasteiger partial charge in [-0.3, -0.25) is 4.90 Å². The molecule has 0 spiro atoms. The Morgan fingerprint density at radius 3 is 2.81 bits per heavy atom. The minimum Gasteiger partial charge on any atom is -0.390 e. The molecule has 0 radical (unpaired) electrons. The van der Waals surface area contributed by atoms with Crippen molar-refractivity contribution in [2.45, 2.75) is 25.0 Å². The number of hydrogen-bond donors (Lipinski definition) is 1. The van der Waals surface area contributed by atoms with Crippen molar-refractivity contribution in [2.75, 3.05) is 20.1 Å². The number of aliphatic hydroxyl groups is 1. The number of hydrogen-bond acceptors (Lipinski definition) is 4. The predicted octanol–water partition coefficient (Wildman–Crippen LogP) is 2.70. The molecule has 1 aromatic rings. The summed E-state index contributed by atoms with van der Waals surface area (Å²) in [5, 5.41) is 14.8. The standard InChI is InChI=1S/C16H21ClN2O2/c1-4-16(2,20)11-19(3)10-14-9-15(18-21-14)12-5-7-13(17)8-6-12/h4-8,14,20H,1,9-11H2,2-3H3. The van der Waals surface area contributed by atoms with Gasteiger partial charge >= 0.3 is 0 Å². The Morgan fingerprint density at radius 2 is 2.19 bits per heavy atom.